The fourth-order valence-corrected chi connectivity index (χ4v) is 1.66. The molecule has 0 bridgehead atoms. The molecule has 3 amide bonds. The summed E-state index contributed by atoms with van der Waals surface area (Å²) in [6.45, 7) is 4.53. The summed E-state index contributed by atoms with van der Waals surface area (Å²) in [6, 6.07) is -0.927. The van der Waals surface area contributed by atoms with Gasteiger partial charge in [-0.25, -0.2) is 4.79 Å². The van der Waals surface area contributed by atoms with Crippen molar-refractivity contribution in [2.45, 2.75) is 26.3 Å². The quantitative estimate of drug-likeness (QED) is 0.544. The van der Waals surface area contributed by atoms with Crippen molar-refractivity contribution < 1.29 is 13.8 Å². The molecule has 3 N–H and O–H groups in total. The van der Waals surface area contributed by atoms with Gasteiger partial charge in [-0.15, -0.1) is 0 Å². The van der Waals surface area contributed by atoms with Gasteiger partial charge in [0.05, 0.1) is 6.04 Å². The van der Waals surface area contributed by atoms with Crippen LogP contribution >= 0.6 is 0 Å². The first-order valence-corrected chi connectivity index (χ1v) is 7.32. The maximum absolute atomic E-state index is 11.5. The normalized spacial score (nSPS) is 13.8. The van der Waals surface area contributed by atoms with Crippen LogP contribution in [0.15, 0.2) is 0 Å². The summed E-state index contributed by atoms with van der Waals surface area (Å²) in [6.07, 6.45) is 2.38. The fraction of sp³-hybridized carbons (Fsp3) is 0.800. The summed E-state index contributed by atoms with van der Waals surface area (Å²) in [4.78, 5) is 22.5. The SMILES string of the molecule is CCNC(=O)NC(=O)C(C)NCCCS(C)=O. The molecule has 2 atom stereocenters. The van der Waals surface area contributed by atoms with Gasteiger partial charge in [0, 0.05) is 29.4 Å². The Morgan fingerprint density at radius 1 is 1.35 bits per heavy atom. The van der Waals surface area contributed by atoms with Crippen molar-refractivity contribution in [3.63, 3.8) is 0 Å². The second-order valence-corrected chi connectivity index (χ2v) is 5.21. The molecule has 100 valence electrons. The maximum Gasteiger partial charge on any atom is 0.321 e. The van der Waals surface area contributed by atoms with Gasteiger partial charge >= 0.3 is 6.03 Å². The zero-order valence-corrected chi connectivity index (χ0v) is 11.4. The van der Waals surface area contributed by atoms with E-state index in [4.69, 9.17) is 0 Å². The molecule has 0 saturated carbocycles. The van der Waals surface area contributed by atoms with Crippen LogP contribution in [-0.4, -0.2) is 47.3 Å². The van der Waals surface area contributed by atoms with Gasteiger partial charge in [0.15, 0.2) is 0 Å². The molecule has 0 aromatic carbocycles. The Balaban J connectivity index is 3.74. The van der Waals surface area contributed by atoms with E-state index in [1.165, 1.54) is 0 Å². The largest absolute Gasteiger partial charge is 0.338 e. The number of imide groups is 1. The Bertz CT molecular complexity index is 284. The van der Waals surface area contributed by atoms with Crippen LogP contribution in [0.25, 0.3) is 0 Å². The molecule has 17 heavy (non-hydrogen) atoms. The lowest BCUT2D eigenvalue weighted by molar-refractivity contribution is -0.121. The zero-order valence-electron chi connectivity index (χ0n) is 10.5. The standard InChI is InChI=1S/C10H21N3O3S/c1-4-11-10(15)13-9(14)8(2)12-6-5-7-17(3)16/h8,12H,4-7H2,1-3H3,(H2,11,13,14,15). The fourth-order valence-electron chi connectivity index (χ4n) is 1.11. The third-order valence-electron chi connectivity index (χ3n) is 2.03. The molecule has 0 spiro atoms. The highest BCUT2D eigenvalue weighted by Crippen LogP contribution is 1.86. The molecule has 0 aromatic rings. The van der Waals surface area contributed by atoms with Crippen LogP contribution in [-0.2, 0) is 15.6 Å². The summed E-state index contributed by atoms with van der Waals surface area (Å²) in [7, 11) is -0.807. The van der Waals surface area contributed by atoms with Crippen LogP contribution in [0.4, 0.5) is 4.79 Å². The lowest BCUT2D eigenvalue weighted by Crippen LogP contribution is -2.48. The molecule has 7 heteroatoms. The molecule has 0 aliphatic heterocycles. The highest BCUT2D eigenvalue weighted by atomic mass is 32.2. The van der Waals surface area contributed by atoms with Crippen molar-refractivity contribution in [1.82, 2.24) is 16.0 Å². The predicted octanol–water partition coefficient (Wildman–Crippen LogP) is -0.421. The van der Waals surface area contributed by atoms with Crippen molar-refractivity contribution in [3.8, 4) is 0 Å². The van der Waals surface area contributed by atoms with Crippen LogP contribution in [0, 0.1) is 0 Å². The van der Waals surface area contributed by atoms with Gasteiger partial charge < -0.3 is 10.6 Å². The maximum atomic E-state index is 11.5. The van der Waals surface area contributed by atoms with E-state index >= 15 is 0 Å². The Kier molecular flexibility index (Phi) is 8.61. The summed E-state index contributed by atoms with van der Waals surface area (Å²) in [5, 5.41) is 7.65. The van der Waals surface area contributed by atoms with Crippen LogP contribution < -0.4 is 16.0 Å². The lowest BCUT2D eigenvalue weighted by Gasteiger charge is -2.13. The summed E-state index contributed by atoms with van der Waals surface area (Å²) >= 11 is 0. The van der Waals surface area contributed by atoms with E-state index in [1.54, 1.807) is 20.1 Å². The first-order chi connectivity index (χ1) is 7.97. The molecule has 0 heterocycles. The second kappa shape index (κ2) is 9.12. The van der Waals surface area contributed by atoms with Crippen molar-refractivity contribution >= 4 is 22.7 Å². The van der Waals surface area contributed by atoms with E-state index < -0.39 is 22.9 Å². The number of rotatable bonds is 7. The molecule has 0 aliphatic carbocycles. The smallest absolute Gasteiger partial charge is 0.321 e. The minimum Gasteiger partial charge on any atom is -0.338 e. The molecule has 6 nitrogen and oxygen atoms in total. The van der Waals surface area contributed by atoms with E-state index in [2.05, 4.69) is 16.0 Å². The summed E-state index contributed by atoms with van der Waals surface area (Å²) in [5.74, 6) is 0.242. The number of hydrogen-bond acceptors (Lipinski definition) is 4. The molecule has 0 fully saturated rings. The van der Waals surface area contributed by atoms with E-state index in [-0.39, 0.29) is 5.91 Å². The monoisotopic (exact) mass is 263 g/mol. The van der Waals surface area contributed by atoms with Crippen LogP contribution in [0.3, 0.4) is 0 Å². The third kappa shape index (κ3) is 8.82. The van der Waals surface area contributed by atoms with Gasteiger partial charge in [0.1, 0.15) is 0 Å². The van der Waals surface area contributed by atoms with Gasteiger partial charge in [-0.05, 0) is 26.8 Å². The first kappa shape index (κ1) is 16.1. The number of hydrogen-bond donors (Lipinski definition) is 3. The number of carbonyl (C=O) groups is 2. The first-order valence-electron chi connectivity index (χ1n) is 5.59. The average molecular weight is 263 g/mol. The van der Waals surface area contributed by atoms with Gasteiger partial charge in [-0.1, -0.05) is 0 Å². The van der Waals surface area contributed by atoms with Crippen molar-refractivity contribution in [3.05, 3.63) is 0 Å². The lowest BCUT2D eigenvalue weighted by atomic mass is 10.3. The van der Waals surface area contributed by atoms with Crippen molar-refractivity contribution in [2.24, 2.45) is 0 Å². The topological polar surface area (TPSA) is 87.3 Å². The number of nitrogens with one attached hydrogen (secondary N) is 3. The average Bonchev–Trinajstić information content (AvgIpc) is 2.23. The van der Waals surface area contributed by atoms with E-state index in [0.29, 0.717) is 18.8 Å². The van der Waals surface area contributed by atoms with E-state index in [9.17, 15) is 13.8 Å². The van der Waals surface area contributed by atoms with Crippen molar-refractivity contribution in [1.29, 1.82) is 0 Å². The van der Waals surface area contributed by atoms with Crippen LogP contribution in [0.2, 0.25) is 0 Å². The Labute approximate surface area is 104 Å². The summed E-state index contributed by atoms with van der Waals surface area (Å²) < 4.78 is 10.8. The van der Waals surface area contributed by atoms with Gasteiger partial charge in [-0.2, -0.15) is 0 Å². The molecular weight excluding hydrogens is 242 g/mol. The minimum absolute atomic E-state index is 0.367. The molecule has 0 radical (unpaired) electrons. The second-order valence-electron chi connectivity index (χ2n) is 3.66. The minimum atomic E-state index is -0.807. The van der Waals surface area contributed by atoms with Crippen LogP contribution in [0.1, 0.15) is 20.3 Å². The Hall–Kier alpha value is -0.950. The van der Waals surface area contributed by atoms with E-state index in [1.807, 2.05) is 0 Å². The zero-order chi connectivity index (χ0) is 13.3. The molecule has 0 aromatic heterocycles. The highest BCUT2D eigenvalue weighted by Gasteiger charge is 2.14. The van der Waals surface area contributed by atoms with Crippen molar-refractivity contribution in [2.75, 3.05) is 25.1 Å². The van der Waals surface area contributed by atoms with Crippen LogP contribution in [0.5, 0.6) is 0 Å². The number of amides is 3. The number of urea groups is 1. The molecule has 0 aliphatic rings. The number of carbonyl (C=O) groups excluding carboxylic acids is 2. The molecule has 0 saturated heterocycles. The molecule has 2 unspecified atom stereocenters. The Morgan fingerprint density at radius 2 is 2.00 bits per heavy atom. The Morgan fingerprint density at radius 3 is 2.53 bits per heavy atom. The van der Waals surface area contributed by atoms with Gasteiger partial charge in [-0.3, -0.25) is 14.3 Å². The molecule has 0 rings (SSSR count). The third-order valence-corrected chi connectivity index (χ3v) is 2.89. The van der Waals surface area contributed by atoms with Gasteiger partial charge in [0.2, 0.25) is 5.91 Å². The predicted molar refractivity (Wildman–Crippen MR) is 68.2 cm³/mol. The molecular formula is C10H21N3O3S. The highest BCUT2D eigenvalue weighted by molar-refractivity contribution is 7.84. The van der Waals surface area contributed by atoms with Gasteiger partial charge in [0.25, 0.3) is 0 Å². The summed E-state index contributed by atoms with van der Waals surface area (Å²) in [5.41, 5.74) is 0. The van der Waals surface area contributed by atoms with E-state index in [0.717, 1.165) is 6.42 Å².